The van der Waals surface area contributed by atoms with E-state index in [4.69, 9.17) is 4.74 Å². The number of hydrogen-bond donors (Lipinski definition) is 3. The lowest BCUT2D eigenvalue weighted by molar-refractivity contribution is -0.143. The van der Waals surface area contributed by atoms with Gasteiger partial charge in [-0.05, 0) is 89.9 Å². The van der Waals surface area contributed by atoms with Crippen LogP contribution in [0, 0.1) is 0 Å². The fourth-order valence-electron chi connectivity index (χ4n) is 11.3. The number of unbranched alkanes of at least 4 members (excludes halogenated alkanes) is 51. The van der Waals surface area contributed by atoms with E-state index in [1.807, 2.05) is 6.08 Å². The Labute approximate surface area is 506 Å². The number of allylic oxidation sites excluding steroid dienone is 7. The first-order valence-electron chi connectivity index (χ1n) is 36.4. The van der Waals surface area contributed by atoms with Gasteiger partial charge in [0.05, 0.1) is 25.4 Å². The molecule has 0 aliphatic carbocycles. The van der Waals surface area contributed by atoms with Crippen LogP contribution < -0.4 is 5.32 Å². The number of carbonyl (C=O) groups is 2. The van der Waals surface area contributed by atoms with Gasteiger partial charge >= 0.3 is 5.97 Å². The highest BCUT2D eigenvalue weighted by molar-refractivity contribution is 5.76. The third-order valence-electron chi connectivity index (χ3n) is 16.8. The minimum absolute atomic E-state index is 0.00152. The van der Waals surface area contributed by atoms with Gasteiger partial charge in [0.15, 0.2) is 0 Å². The summed E-state index contributed by atoms with van der Waals surface area (Å²) in [6.07, 6.45) is 91.9. The van der Waals surface area contributed by atoms with Gasteiger partial charge in [-0.3, -0.25) is 9.59 Å². The molecule has 0 aromatic carbocycles. The molecule has 0 spiro atoms. The van der Waals surface area contributed by atoms with Crippen LogP contribution in [0.5, 0.6) is 0 Å². The van der Waals surface area contributed by atoms with Crippen LogP contribution in [0.15, 0.2) is 48.6 Å². The fraction of sp³-hybridized carbons (Fsp3) is 0.867. The Morgan fingerprint density at radius 3 is 0.951 bits per heavy atom. The van der Waals surface area contributed by atoms with E-state index in [0.717, 1.165) is 51.4 Å². The number of esters is 1. The average Bonchev–Trinajstić information content (AvgIpc) is 3.47. The molecule has 2 unspecified atom stereocenters. The van der Waals surface area contributed by atoms with Crippen molar-refractivity contribution < 1.29 is 24.5 Å². The lowest BCUT2D eigenvalue weighted by Crippen LogP contribution is -2.45. The summed E-state index contributed by atoms with van der Waals surface area (Å²) < 4.78 is 5.49. The lowest BCUT2D eigenvalue weighted by atomic mass is 10.0. The van der Waals surface area contributed by atoms with Crippen molar-refractivity contribution in [1.82, 2.24) is 5.32 Å². The first-order valence-corrected chi connectivity index (χ1v) is 36.4. The van der Waals surface area contributed by atoms with E-state index < -0.39 is 12.1 Å². The second kappa shape index (κ2) is 70.3. The molecule has 6 heteroatoms. The van der Waals surface area contributed by atoms with E-state index in [9.17, 15) is 19.8 Å². The first-order chi connectivity index (χ1) is 40.0. The van der Waals surface area contributed by atoms with Gasteiger partial charge in [0, 0.05) is 12.8 Å². The molecular weight excluding hydrogens is 995 g/mol. The Balaban J connectivity index is 3.46. The van der Waals surface area contributed by atoms with Crippen LogP contribution >= 0.6 is 0 Å². The molecule has 81 heavy (non-hydrogen) atoms. The molecule has 3 N–H and O–H groups in total. The summed E-state index contributed by atoms with van der Waals surface area (Å²) in [5.74, 6) is -0.0693. The smallest absolute Gasteiger partial charge is 0.305 e. The molecule has 0 aliphatic rings. The van der Waals surface area contributed by atoms with Gasteiger partial charge in [-0.25, -0.2) is 0 Å². The van der Waals surface area contributed by atoms with Crippen molar-refractivity contribution in [2.24, 2.45) is 0 Å². The Morgan fingerprint density at radius 1 is 0.346 bits per heavy atom. The molecule has 0 rings (SSSR count). The summed E-state index contributed by atoms with van der Waals surface area (Å²) in [6.45, 7) is 4.92. The molecule has 0 aromatic rings. The summed E-state index contributed by atoms with van der Waals surface area (Å²) in [6, 6.07) is -0.635. The molecule has 0 bridgehead atoms. The van der Waals surface area contributed by atoms with Crippen molar-refractivity contribution in [2.45, 2.75) is 405 Å². The van der Waals surface area contributed by atoms with Gasteiger partial charge in [0.2, 0.25) is 5.91 Å². The highest BCUT2D eigenvalue weighted by Crippen LogP contribution is 2.18. The van der Waals surface area contributed by atoms with Gasteiger partial charge in [0.1, 0.15) is 0 Å². The van der Waals surface area contributed by atoms with E-state index in [1.165, 1.54) is 315 Å². The predicted molar refractivity (Wildman–Crippen MR) is 356 cm³/mol. The number of rotatable bonds is 68. The third-order valence-corrected chi connectivity index (χ3v) is 16.8. The molecule has 0 fully saturated rings. The number of aliphatic hydroxyl groups excluding tert-OH is 2. The summed E-state index contributed by atoms with van der Waals surface area (Å²) in [7, 11) is 0. The Bertz CT molecular complexity index is 1360. The largest absolute Gasteiger partial charge is 0.466 e. The van der Waals surface area contributed by atoms with Crippen LogP contribution in [-0.2, 0) is 14.3 Å². The highest BCUT2D eigenvalue weighted by atomic mass is 16.5. The Morgan fingerprint density at radius 2 is 0.617 bits per heavy atom. The van der Waals surface area contributed by atoms with Crippen molar-refractivity contribution in [3.05, 3.63) is 48.6 Å². The Hall–Kier alpha value is -2.18. The van der Waals surface area contributed by atoms with Crippen molar-refractivity contribution >= 4 is 11.9 Å². The average molecular weight is 1140 g/mol. The maximum Gasteiger partial charge on any atom is 0.305 e. The van der Waals surface area contributed by atoms with E-state index >= 15 is 0 Å². The molecule has 0 saturated carbocycles. The Kier molecular flexibility index (Phi) is 68.4. The third kappa shape index (κ3) is 66.8. The molecule has 0 heterocycles. The molecule has 0 aliphatic heterocycles. The molecule has 476 valence electrons. The van der Waals surface area contributed by atoms with Crippen molar-refractivity contribution in [3.63, 3.8) is 0 Å². The number of nitrogens with one attached hydrogen (secondary N) is 1. The molecule has 0 aromatic heterocycles. The van der Waals surface area contributed by atoms with Crippen LogP contribution in [0.3, 0.4) is 0 Å². The van der Waals surface area contributed by atoms with Crippen LogP contribution in [-0.4, -0.2) is 47.4 Å². The maximum absolute atomic E-state index is 12.5. The van der Waals surface area contributed by atoms with Gasteiger partial charge in [-0.1, -0.05) is 339 Å². The predicted octanol–water partition coefficient (Wildman–Crippen LogP) is 23.6. The van der Waals surface area contributed by atoms with Crippen molar-refractivity contribution in [3.8, 4) is 0 Å². The zero-order valence-electron chi connectivity index (χ0n) is 54.5. The van der Waals surface area contributed by atoms with E-state index in [-0.39, 0.29) is 18.5 Å². The molecule has 0 radical (unpaired) electrons. The molecule has 1 amide bonds. The monoisotopic (exact) mass is 1140 g/mol. The van der Waals surface area contributed by atoms with Crippen LogP contribution in [0.25, 0.3) is 0 Å². The number of aliphatic hydroxyl groups is 2. The number of hydrogen-bond acceptors (Lipinski definition) is 5. The molecule has 0 saturated heterocycles. The number of amides is 1. The summed E-state index contributed by atoms with van der Waals surface area (Å²) in [4.78, 5) is 24.6. The van der Waals surface area contributed by atoms with Gasteiger partial charge < -0.3 is 20.3 Å². The quantitative estimate of drug-likeness (QED) is 0.0320. The van der Waals surface area contributed by atoms with Gasteiger partial charge in [-0.2, -0.15) is 0 Å². The minimum Gasteiger partial charge on any atom is -0.466 e. The summed E-state index contributed by atoms with van der Waals surface area (Å²) in [5.41, 5.74) is 0. The first kappa shape index (κ1) is 78.8. The van der Waals surface area contributed by atoms with E-state index in [1.54, 1.807) is 6.08 Å². The zero-order valence-corrected chi connectivity index (χ0v) is 54.5. The maximum atomic E-state index is 12.5. The fourth-order valence-corrected chi connectivity index (χ4v) is 11.3. The number of ether oxygens (including phenoxy) is 1. The number of carbonyl (C=O) groups excluding carboxylic acids is 2. The van der Waals surface area contributed by atoms with E-state index in [0.29, 0.717) is 19.4 Å². The standard InChI is InChI=1S/C75H141NO5/c1-3-5-7-9-11-13-15-17-19-21-22-23-27-30-33-36-39-43-47-51-55-59-63-67-73(78)72(71-77)76-74(79)68-64-60-56-52-48-44-40-37-34-31-28-25-24-26-29-32-35-38-42-46-50-54-58-62-66-70-81-75(80)69-65-61-57-53-49-45-41-20-18-16-14-12-10-8-6-4-2/h20,25-26,28-29,41,63,67,72-73,77-78H,3-19,21-24,27,30-40,42-62,64-66,68-71H2,1-2H3,(H,76,79)/b28-25-,29-26-,41-20-,67-63+. The lowest BCUT2D eigenvalue weighted by Gasteiger charge is -2.20. The molecule has 6 nitrogen and oxygen atoms in total. The van der Waals surface area contributed by atoms with Crippen LogP contribution in [0.1, 0.15) is 393 Å². The summed E-state index contributed by atoms with van der Waals surface area (Å²) >= 11 is 0. The van der Waals surface area contributed by atoms with Crippen LogP contribution in [0.4, 0.5) is 0 Å². The zero-order chi connectivity index (χ0) is 58.5. The summed E-state index contributed by atoms with van der Waals surface area (Å²) in [5, 5.41) is 23.3. The normalized spacial score (nSPS) is 12.8. The SMILES string of the molecule is CCCCCCCCC/C=C\CCCCCCCC(=O)OCCCCCCCCCCC/C=C\C/C=C\CCCCCCCCCCCC(=O)NC(CO)C(O)/C=C/CCCCCCCCCCCCCCCCCCCCCCC. The van der Waals surface area contributed by atoms with E-state index in [2.05, 4.69) is 55.6 Å². The second-order valence-corrected chi connectivity index (χ2v) is 24.9. The van der Waals surface area contributed by atoms with Crippen molar-refractivity contribution in [2.75, 3.05) is 13.2 Å². The highest BCUT2D eigenvalue weighted by Gasteiger charge is 2.18. The topological polar surface area (TPSA) is 95.9 Å². The van der Waals surface area contributed by atoms with Crippen LogP contribution in [0.2, 0.25) is 0 Å². The molecular formula is C75H141NO5. The minimum atomic E-state index is -0.851. The van der Waals surface area contributed by atoms with Crippen molar-refractivity contribution in [1.29, 1.82) is 0 Å². The second-order valence-electron chi connectivity index (χ2n) is 24.9. The van der Waals surface area contributed by atoms with Gasteiger partial charge in [0.25, 0.3) is 0 Å². The van der Waals surface area contributed by atoms with Gasteiger partial charge in [-0.15, -0.1) is 0 Å². The molecule has 2 atom stereocenters.